The molecule has 0 aliphatic carbocycles. The lowest BCUT2D eigenvalue weighted by molar-refractivity contribution is 0.167. The van der Waals surface area contributed by atoms with Gasteiger partial charge in [0.2, 0.25) is 10.0 Å². The molecule has 0 radical (unpaired) electrons. The first-order valence-corrected chi connectivity index (χ1v) is 11.5. The maximum atomic E-state index is 12.2. The normalized spacial score (nSPS) is 16.7. The fraction of sp³-hybridized carbons (Fsp3) is 0.650. The van der Waals surface area contributed by atoms with Crippen LogP contribution < -0.4 is 10.6 Å². The van der Waals surface area contributed by atoms with E-state index in [1.807, 2.05) is 12.1 Å². The Bertz CT molecular complexity index is 743. The lowest BCUT2D eigenvalue weighted by atomic mass is 10.0. The van der Waals surface area contributed by atoms with Crippen LogP contribution in [0.1, 0.15) is 39.2 Å². The van der Waals surface area contributed by atoms with E-state index in [-0.39, 0.29) is 24.0 Å². The number of hydrogen-bond donors (Lipinski definition) is 2. The standard InChI is InChI=1S/C20H35N5O2S.HI/c1-6-21-20(23-18-11-13-25(14-12-18)16(2)3)22-15-17-7-9-19(10-8-17)28(26,27)24(4)5;/h7-10,16,18H,6,11-15H2,1-5H3,(H2,21,22,23);1H. The maximum Gasteiger partial charge on any atom is 0.242 e. The second-order valence-electron chi connectivity index (χ2n) is 7.67. The summed E-state index contributed by atoms with van der Waals surface area (Å²) in [5.41, 5.74) is 0.976. The topological polar surface area (TPSA) is 77.0 Å². The number of likely N-dealkylation sites (tertiary alicyclic amines) is 1. The van der Waals surface area contributed by atoms with Crippen molar-refractivity contribution in [2.75, 3.05) is 33.7 Å². The number of aliphatic imine (C=N–C) groups is 1. The average Bonchev–Trinajstić information content (AvgIpc) is 2.67. The van der Waals surface area contributed by atoms with Crippen LogP contribution in [0.2, 0.25) is 0 Å². The number of nitrogens with zero attached hydrogens (tertiary/aromatic N) is 3. The van der Waals surface area contributed by atoms with E-state index in [4.69, 9.17) is 0 Å². The van der Waals surface area contributed by atoms with Crippen LogP contribution in [0.4, 0.5) is 0 Å². The van der Waals surface area contributed by atoms with Crippen molar-refractivity contribution in [3.8, 4) is 0 Å². The number of guanidine groups is 1. The molecule has 1 aromatic carbocycles. The van der Waals surface area contributed by atoms with Crippen LogP contribution in [0, 0.1) is 0 Å². The molecule has 1 aliphatic rings. The van der Waals surface area contributed by atoms with Gasteiger partial charge in [-0.25, -0.2) is 17.7 Å². The van der Waals surface area contributed by atoms with E-state index in [2.05, 4.69) is 41.3 Å². The molecule has 2 rings (SSSR count). The van der Waals surface area contributed by atoms with Gasteiger partial charge in [-0.2, -0.15) is 0 Å². The first-order chi connectivity index (χ1) is 13.2. The van der Waals surface area contributed by atoms with Gasteiger partial charge in [-0.15, -0.1) is 24.0 Å². The summed E-state index contributed by atoms with van der Waals surface area (Å²) in [4.78, 5) is 7.48. The lowest BCUT2D eigenvalue weighted by Gasteiger charge is -2.35. The van der Waals surface area contributed by atoms with Gasteiger partial charge in [0.05, 0.1) is 11.4 Å². The Morgan fingerprint density at radius 3 is 2.28 bits per heavy atom. The van der Waals surface area contributed by atoms with Crippen LogP contribution in [0.15, 0.2) is 34.2 Å². The smallest absolute Gasteiger partial charge is 0.242 e. The third-order valence-electron chi connectivity index (χ3n) is 5.07. The molecular weight excluding hydrogens is 501 g/mol. The summed E-state index contributed by atoms with van der Waals surface area (Å²) in [6.07, 6.45) is 2.22. The largest absolute Gasteiger partial charge is 0.357 e. The van der Waals surface area contributed by atoms with Crippen LogP contribution in [0.5, 0.6) is 0 Å². The summed E-state index contributed by atoms with van der Waals surface area (Å²) in [7, 11) is -0.324. The molecule has 0 unspecified atom stereocenters. The molecule has 0 amide bonds. The van der Waals surface area contributed by atoms with E-state index < -0.39 is 10.0 Å². The predicted octanol–water partition coefficient (Wildman–Crippen LogP) is 2.48. The second-order valence-corrected chi connectivity index (χ2v) is 9.83. The molecule has 0 aromatic heterocycles. The Labute approximate surface area is 193 Å². The third kappa shape index (κ3) is 7.69. The van der Waals surface area contributed by atoms with Crippen molar-refractivity contribution < 1.29 is 8.42 Å². The molecule has 1 aromatic rings. The van der Waals surface area contributed by atoms with Crippen molar-refractivity contribution in [1.82, 2.24) is 19.8 Å². The average molecular weight is 538 g/mol. The highest BCUT2D eigenvalue weighted by Gasteiger charge is 2.21. The van der Waals surface area contributed by atoms with Crippen LogP contribution in [-0.4, -0.2) is 69.4 Å². The molecular formula is C20H36IN5O2S. The fourth-order valence-electron chi connectivity index (χ4n) is 3.22. The zero-order valence-corrected chi connectivity index (χ0v) is 21.3. The Hall–Kier alpha value is -0.910. The van der Waals surface area contributed by atoms with Crippen molar-refractivity contribution >= 4 is 40.0 Å². The van der Waals surface area contributed by atoms with Crippen molar-refractivity contribution in [3.63, 3.8) is 0 Å². The van der Waals surface area contributed by atoms with Gasteiger partial charge in [-0.3, -0.25) is 0 Å². The summed E-state index contributed by atoms with van der Waals surface area (Å²) < 4.78 is 25.5. The minimum Gasteiger partial charge on any atom is -0.357 e. The second kappa shape index (κ2) is 12.1. The molecule has 29 heavy (non-hydrogen) atoms. The number of nitrogens with one attached hydrogen (secondary N) is 2. The SMILES string of the molecule is CCNC(=NCc1ccc(S(=O)(=O)N(C)C)cc1)NC1CCN(C(C)C)CC1.I. The van der Waals surface area contributed by atoms with E-state index in [1.165, 1.54) is 18.4 Å². The third-order valence-corrected chi connectivity index (χ3v) is 6.90. The molecule has 0 spiro atoms. The lowest BCUT2D eigenvalue weighted by Crippen LogP contribution is -2.49. The summed E-state index contributed by atoms with van der Waals surface area (Å²) in [6.45, 7) is 10.1. The van der Waals surface area contributed by atoms with Crippen LogP contribution in [0.3, 0.4) is 0 Å². The minimum absolute atomic E-state index is 0. The first-order valence-electron chi connectivity index (χ1n) is 10.0. The van der Waals surface area contributed by atoms with Crippen LogP contribution >= 0.6 is 24.0 Å². The van der Waals surface area contributed by atoms with E-state index in [0.29, 0.717) is 23.5 Å². The van der Waals surface area contributed by atoms with Gasteiger partial charge < -0.3 is 15.5 Å². The van der Waals surface area contributed by atoms with Crippen LogP contribution in [-0.2, 0) is 16.6 Å². The highest BCUT2D eigenvalue weighted by molar-refractivity contribution is 14.0. The summed E-state index contributed by atoms with van der Waals surface area (Å²) in [5.74, 6) is 0.815. The molecule has 0 bridgehead atoms. The molecule has 2 N–H and O–H groups in total. The highest BCUT2D eigenvalue weighted by Crippen LogP contribution is 2.15. The van der Waals surface area contributed by atoms with Gasteiger partial charge in [-0.05, 0) is 51.3 Å². The van der Waals surface area contributed by atoms with Gasteiger partial charge in [0.25, 0.3) is 0 Å². The summed E-state index contributed by atoms with van der Waals surface area (Å²) in [6, 6.07) is 7.96. The molecule has 9 heteroatoms. The molecule has 0 saturated carbocycles. The summed E-state index contributed by atoms with van der Waals surface area (Å²) >= 11 is 0. The van der Waals surface area contributed by atoms with E-state index in [9.17, 15) is 8.42 Å². The molecule has 166 valence electrons. The number of piperidine rings is 1. The number of hydrogen-bond acceptors (Lipinski definition) is 4. The van der Waals surface area contributed by atoms with Crippen molar-refractivity contribution in [3.05, 3.63) is 29.8 Å². The number of halogens is 1. The zero-order chi connectivity index (χ0) is 20.7. The first kappa shape index (κ1) is 26.1. The van der Waals surface area contributed by atoms with Gasteiger partial charge in [0.1, 0.15) is 0 Å². The summed E-state index contributed by atoms with van der Waals surface area (Å²) in [5, 5.41) is 6.85. The Morgan fingerprint density at radius 1 is 1.21 bits per heavy atom. The predicted molar refractivity (Wildman–Crippen MR) is 130 cm³/mol. The molecule has 1 heterocycles. The Kier molecular flexibility index (Phi) is 10.9. The van der Waals surface area contributed by atoms with E-state index in [1.54, 1.807) is 12.1 Å². The molecule has 1 aliphatic heterocycles. The highest BCUT2D eigenvalue weighted by atomic mass is 127. The van der Waals surface area contributed by atoms with Gasteiger partial charge in [0, 0.05) is 45.8 Å². The Balaban J connectivity index is 0.00000420. The fourth-order valence-corrected chi connectivity index (χ4v) is 4.12. The minimum atomic E-state index is -3.39. The van der Waals surface area contributed by atoms with Crippen LogP contribution in [0.25, 0.3) is 0 Å². The number of benzene rings is 1. The van der Waals surface area contributed by atoms with E-state index in [0.717, 1.165) is 44.0 Å². The van der Waals surface area contributed by atoms with Crippen molar-refractivity contribution in [2.45, 2.75) is 57.1 Å². The molecule has 0 atom stereocenters. The van der Waals surface area contributed by atoms with Gasteiger partial charge >= 0.3 is 0 Å². The molecule has 1 fully saturated rings. The number of rotatable bonds is 7. The van der Waals surface area contributed by atoms with Crippen molar-refractivity contribution in [2.24, 2.45) is 4.99 Å². The monoisotopic (exact) mass is 537 g/mol. The molecule has 7 nitrogen and oxygen atoms in total. The number of sulfonamides is 1. The zero-order valence-electron chi connectivity index (χ0n) is 18.2. The van der Waals surface area contributed by atoms with Crippen molar-refractivity contribution in [1.29, 1.82) is 0 Å². The van der Waals surface area contributed by atoms with Gasteiger partial charge in [-0.1, -0.05) is 12.1 Å². The quantitative estimate of drug-likeness (QED) is 0.318. The molecule has 1 saturated heterocycles. The van der Waals surface area contributed by atoms with E-state index >= 15 is 0 Å². The maximum absolute atomic E-state index is 12.2. The Morgan fingerprint density at radius 2 is 1.79 bits per heavy atom. The van der Waals surface area contributed by atoms with Gasteiger partial charge in [0.15, 0.2) is 5.96 Å².